The van der Waals surface area contributed by atoms with Gasteiger partial charge < -0.3 is 10.2 Å². The Labute approximate surface area is 176 Å². The highest BCUT2D eigenvalue weighted by Crippen LogP contribution is 2.27. The summed E-state index contributed by atoms with van der Waals surface area (Å²) in [6.45, 7) is 5.83. The van der Waals surface area contributed by atoms with Crippen LogP contribution in [0.3, 0.4) is 0 Å². The van der Waals surface area contributed by atoms with Gasteiger partial charge in [-0.05, 0) is 32.9 Å². The maximum atomic E-state index is 12.8. The molecule has 1 fully saturated rings. The van der Waals surface area contributed by atoms with Crippen LogP contribution in [0.2, 0.25) is 0 Å². The molecule has 1 aromatic heterocycles. The van der Waals surface area contributed by atoms with Gasteiger partial charge in [-0.1, -0.05) is 28.1 Å². The molecule has 0 radical (unpaired) electrons. The number of thiazole rings is 1. The lowest BCUT2D eigenvalue weighted by Crippen LogP contribution is -2.52. The van der Waals surface area contributed by atoms with E-state index in [1.54, 1.807) is 16.7 Å². The number of nitrogens with zero attached hydrogens (tertiary/aromatic N) is 2. The van der Waals surface area contributed by atoms with Crippen molar-refractivity contribution in [1.29, 1.82) is 0 Å². The van der Waals surface area contributed by atoms with Crippen LogP contribution >= 0.6 is 39.0 Å². The van der Waals surface area contributed by atoms with Crippen LogP contribution in [0.4, 0.5) is 0 Å². The van der Waals surface area contributed by atoms with E-state index in [1.807, 2.05) is 50.4 Å². The van der Waals surface area contributed by atoms with Crippen LogP contribution in [0.5, 0.6) is 0 Å². The number of hydrogen-bond acceptors (Lipinski definition) is 5. The third-order valence-corrected chi connectivity index (χ3v) is 6.40. The van der Waals surface area contributed by atoms with E-state index in [-0.39, 0.29) is 23.8 Å². The molecule has 5 nitrogen and oxygen atoms in total. The monoisotopic (exact) mass is 467 g/mol. The molecule has 2 heterocycles. The molecule has 0 bridgehead atoms. The minimum Gasteiger partial charge on any atom is -0.350 e. The fourth-order valence-electron chi connectivity index (χ4n) is 2.76. The molecular weight excluding hydrogens is 446 g/mol. The summed E-state index contributed by atoms with van der Waals surface area (Å²) in [6, 6.07) is 7.53. The van der Waals surface area contributed by atoms with Gasteiger partial charge >= 0.3 is 0 Å². The van der Waals surface area contributed by atoms with Gasteiger partial charge in [0.2, 0.25) is 11.8 Å². The molecule has 2 amide bonds. The van der Waals surface area contributed by atoms with Crippen molar-refractivity contribution in [1.82, 2.24) is 15.2 Å². The molecule has 3 rings (SSSR count). The summed E-state index contributed by atoms with van der Waals surface area (Å²) in [5.41, 5.74) is 1.45. The number of thioether (sulfide) groups is 1. The molecule has 1 aromatic carbocycles. The molecule has 0 aliphatic carbocycles. The van der Waals surface area contributed by atoms with Crippen molar-refractivity contribution in [3.05, 3.63) is 39.8 Å². The lowest BCUT2D eigenvalue weighted by atomic mass is 10.1. The molecule has 2 aromatic rings. The molecular formula is C19H22BrN3O2S2. The number of carbonyl (C=O) groups excluding carboxylic acids is 2. The smallest absolute Gasteiger partial charge is 0.244 e. The van der Waals surface area contributed by atoms with Gasteiger partial charge in [0.1, 0.15) is 11.0 Å². The molecule has 27 heavy (non-hydrogen) atoms. The summed E-state index contributed by atoms with van der Waals surface area (Å²) in [6.07, 6.45) is 0.213. The Bertz CT molecular complexity index is 847. The van der Waals surface area contributed by atoms with E-state index >= 15 is 0 Å². The number of nitrogens with one attached hydrogen (secondary N) is 1. The maximum Gasteiger partial charge on any atom is 0.244 e. The van der Waals surface area contributed by atoms with Crippen LogP contribution in [-0.4, -0.2) is 44.9 Å². The van der Waals surface area contributed by atoms with E-state index in [2.05, 4.69) is 26.2 Å². The summed E-state index contributed by atoms with van der Waals surface area (Å²) in [5, 5.41) is 5.78. The minimum atomic E-state index is -0.412. The third kappa shape index (κ3) is 5.33. The molecule has 0 saturated carbocycles. The fraction of sp³-hybridized carbons (Fsp3) is 0.421. The molecule has 1 N–H and O–H groups in total. The number of halogens is 1. The second kappa shape index (κ2) is 8.32. The van der Waals surface area contributed by atoms with Crippen molar-refractivity contribution in [2.75, 3.05) is 11.6 Å². The maximum absolute atomic E-state index is 12.8. The van der Waals surface area contributed by atoms with Crippen molar-refractivity contribution in [3.63, 3.8) is 0 Å². The van der Waals surface area contributed by atoms with Crippen molar-refractivity contribution in [2.24, 2.45) is 0 Å². The van der Waals surface area contributed by atoms with E-state index in [0.717, 1.165) is 20.7 Å². The second-order valence-corrected chi connectivity index (χ2v) is 10.2. The number of amides is 2. The summed E-state index contributed by atoms with van der Waals surface area (Å²) >= 11 is 6.60. The Balaban J connectivity index is 1.67. The van der Waals surface area contributed by atoms with Crippen LogP contribution in [0.15, 0.2) is 34.1 Å². The summed E-state index contributed by atoms with van der Waals surface area (Å²) < 4.78 is 0.995. The Morgan fingerprint density at radius 1 is 1.37 bits per heavy atom. The predicted octanol–water partition coefficient (Wildman–Crippen LogP) is 3.93. The van der Waals surface area contributed by atoms with E-state index in [0.29, 0.717) is 11.6 Å². The summed E-state index contributed by atoms with van der Waals surface area (Å²) in [7, 11) is 0. The minimum absolute atomic E-state index is 0.0554. The van der Waals surface area contributed by atoms with E-state index < -0.39 is 6.04 Å². The second-order valence-electron chi connectivity index (χ2n) is 7.45. The third-order valence-electron chi connectivity index (χ3n) is 3.96. The van der Waals surface area contributed by atoms with Gasteiger partial charge in [-0.15, -0.1) is 23.1 Å². The molecule has 1 aliphatic heterocycles. The number of carbonyl (C=O) groups is 2. The molecule has 1 atom stereocenters. The first kappa shape index (κ1) is 20.4. The standard InChI is InChI=1S/C19H22BrN3O2S2/c1-19(2,3)22-17(25)15-10-26-11-23(15)16(24)8-14-9-27-18(21-14)12-5-4-6-13(20)7-12/h4-7,9,15H,8,10-11H2,1-3H3,(H,22,25)/t15-/m0/s1. The number of rotatable bonds is 4. The van der Waals surface area contributed by atoms with Gasteiger partial charge in [0, 0.05) is 26.7 Å². The van der Waals surface area contributed by atoms with Crippen molar-refractivity contribution in [2.45, 2.75) is 38.8 Å². The van der Waals surface area contributed by atoms with Crippen LogP contribution in [0, 0.1) is 0 Å². The van der Waals surface area contributed by atoms with E-state index in [4.69, 9.17) is 0 Å². The highest BCUT2D eigenvalue weighted by molar-refractivity contribution is 9.10. The van der Waals surface area contributed by atoms with Gasteiger partial charge in [-0.2, -0.15) is 0 Å². The zero-order valence-electron chi connectivity index (χ0n) is 15.5. The van der Waals surface area contributed by atoms with Crippen LogP contribution < -0.4 is 5.32 Å². The molecule has 8 heteroatoms. The molecule has 1 saturated heterocycles. The fourth-order valence-corrected chi connectivity index (χ4v) is 5.15. The number of aromatic nitrogens is 1. The quantitative estimate of drug-likeness (QED) is 0.739. The average molecular weight is 468 g/mol. The van der Waals surface area contributed by atoms with Gasteiger partial charge in [-0.25, -0.2) is 4.98 Å². The lowest BCUT2D eigenvalue weighted by Gasteiger charge is -2.27. The first-order chi connectivity index (χ1) is 12.7. The highest BCUT2D eigenvalue weighted by Gasteiger charge is 2.35. The number of benzene rings is 1. The summed E-state index contributed by atoms with van der Waals surface area (Å²) in [5.74, 6) is 1.03. The molecule has 0 spiro atoms. The van der Waals surface area contributed by atoms with Crippen LogP contribution in [0.25, 0.3) is 10.6 Å². The van der Waals surface area contributed by atoms with Gasteiger partial charge in [0.15, 0.2) is 0 Å². The van der Waals surface area contributed by atoms with Crippen molar-refractivity contribution in [3.8, 4) is 10.6 Å². The van der Waals surface area contributed by atoms with Crippen molar-refractivity contribution < 1.29 is 9.59 Å². The molecule has 1 aliphatic rings. The van der Waals surface area contributed by atoms with Crippen LogP contribution in [0.1, 0.15) is 26.5 Å². The Hall–Kier alpha value is -1.38. The van der Waals surface area contributed by atoms with E-state index in [1.165, 1.54) is 11.3 Å². The average Bonchev–Trinajstić information content (AvgIpc) is 3.22. The topological polar surface area (TPSA) is 62.3 Å². The largest absolute Gasteiger partial charge is 0.350 e. The van der Waals surface area contributed by atoms with Crippen LogP contribution in [-0.2, 0) is 16.0 Å². The van der Waals surface area contributed by atoms with E-state index in [9.17, 15) is 9.59 Å². The molecule has 144 valence electrons. The van der Waals surface area contributed by atoms with Gasteiger partial charge in [0.25, 0.3) is 0 Å². The Kier molecular flexibility index (Phi) is 6.28. The summed E-state index contributed by atoms with van der Waals surface area (Å²) in [4.78, 5) is 31.6. The first-order valence-corrected chi connectivity index (χ1v) is 11.5. The molecule has 0 unspecified atom stereocenters. The lowest BCUT2D eigenvalue weighted by molar-refractivity contribution is -0.138. The van der Waals surface area contributed by atoms with Gasteiger partial charge in [-0.3, -0.25) is 9.59 Å². The van der Waals surface area contributed by atoms with Crippen molar-refractivity contribution >= 4 is 50.8 Å². The Morgan fingerprint density at radius 3 is 2.85 bits per heavy atom. The Morgan fingerprint density at radius 2 is 2.15 bits per heavy atom. The predicted molar refractivity (Wildman–Crippen MR) is 115 cm³/mol. The van der Waals surface area contributed by atoms with Gasteiger partial charge in [0.05, 0.1) is 18.0 Å². The normalized spacial score (nSPS) is 17.2. The number of hydrogen-bond donors (Lipinski definition) is 1. The zero-order valence-corrected chi connectivity index (χ0v) is 18.7. The first-order valence-electron chi connectivity index (χ1n) is 8.62. The SMILES string of the molecule is CC(C)(C)NC(=O)[C@@H]1CSCN1C(=O)Cc1csc(-c2cccc(Br)c2)n1. The zero-order chi connectivity index (χ0) is 19.6. The highest BCUT2D eigenvalue weighted by atomic mass is 79.9.